The molecule has 0 fully saturated rings. The summed E-state index contributed by atoms with van der Waals surface area (Å²) >= 11 is 0. The molecule has 0 amide bonds. The van der Waals surface area contributed by atoms with E-state index in [9.17, 15) is 8.42 Å². The fourth-order valence-corrected chi connectivity index (χ4v) is 3.34. The fraction of sp³-hybridized carbons (Fsp3) is 0.353. The van der Waals surface area contributed by atoms with E-state index in [1.165, 1.54) is 20.3 Å². The Balaban J connectivity index is 2.42. The Kier molecular flexibility index (Phi) is 5.03. The van der Waals surface area contributed by atoms with Crippen molar-refractivity contribution in [3.8, 4) is 11.5 Å². The smallest absolute Gasteiger partial charge is 0.265 e. The van der Waals surface area contributed by atoms with Gasteiger partial charge >= 0.3 is 0 Å². The first-order valence-corrected chi connectivity index (χ1v) is 8.87. The van der Waals surface area contributed by atoms with E-state index in [4.69, 9.17) is 9.47 Å². The molecule has 0 aliphatic carbocycles. The molecule has 6 nitrogen and oxygen atoms in total. The quantitative estimate of drug-likeness (QED) is 0.896. The lowest BCUT2D eigenvalue weighted by molar-refractivity contribution is 0.392. The van der Waals surface area contributed by atoms with E-state index in [0.717, 1.165) is 5.69 Å². The Hall–Kier alpha value is -2.28. The maximum atomic E-state index is 12.7. The minimum Gasteiger partial charge on any atom is -0.497 e. The van der Waals surface area contributed by atoms with E-state index >= 15 is 0 Å². The second-order valence-electron chi connectivity index (χ2n) is 6.30. The molecule has 1 aromatic heterocycles. The van der Waals surface area contributed by atoms with Crippen LogP contribution in [-0.4, -0.2) is 27.6 Å². The Morgan fingerprint density at radius 3 is 2.33 bits per heavy atom. The summed E-state index contributed by atoms with van der Waals surface area (Å²) < 4.78 is 38.3. The number of aromatic nitrogens is 1. The van der Waals surface area contributed by atoms with Gasteiger partial charge in [-0.05, 0) is 24.3 Å². The molecule has 1 heterocycles. The van der Waals surface area contributed by atoms with Crippen LogP contribution >= 0.6 is 0 Å². The highest BCUT2D eigenvalue weighted by Gasteiger charge is 2.22. The fourth-order valence-electron chi connectivity index (χ4n) is 2.11. The van der Waals surface area contributed by atoms with Crippen LogP contribution in [0.15, 0.2) is 41.4 Å². The normalized spacial score (nSPS) is 11.9. The number of nitrogens with zero attached hydrogens (tertiary/aromatic N) is 1. The highest BCUT2D eigenvalue weighted by atomic mass is 32.2. The van der Waals surface area contributed by atoms with E-state index in [1.54, 1.807) is 30.5 Å². The van der Waals surface area contributed by atoms with Gasteiger partial charge < -0.3 is 9.47 Å². The van der Waals surface area contributed by atoms with Crippen molar-refractivity contribution in [2.75, 3.05) is 18.9 Å². The van der Waals surface area contributed by atoms with Gasteiger partial charge in [0.2, 0.25) is 0 Å². The third-order valence-corrected chi connectivity index (χ3v) is 4.84. The molecule has 7 heteroatoms. The maximum Gasteiger partial charge on any atom is 0.265 e. The molecule has 130 valence electrons. The SMILES string of the molecule is COc1ccc(OC)c(S(=O)(=O)Nc2ccnc(C(C)(C)C)c2)c1. The van der Waals surface area contributed by atoms with Crippen LogP contribution in [0, 0.1) is 0 Å². The molecule has 0 spiro atoms. The summed E-state index contributed by atoms with van der Waals surface area (Å²) in [6.07, 6.45) is 1.58. The monoisotopic (exact) mass is 350 g/mol. The van der Waals surface area contributed by atoms with Crippen molar-refractivity contribution in [2.45, 2.75) is 31.1 Å². The lowest BCUT2D eigenvalue weighted by Crippen LogP contribution is -2.17. The Morgan fingerprint density at radius 1 is 1.04 bits per heavy atom. The average molecular weight is 350 g/mol. The number of hydrogen-bond donors (Lipinski definition) is 1. The highest BCUT2D eigenvalue weighted by molar-refractivity contribution is 7.92. The molecule has 0 bridgehead atoms. The first kappa shape index (κ1) is 18.1. The van der Waals surface area contributed by atoms with E-state index < -0.39 is 10.0 Å². The molecular weight excluding hydrogens is 328 g/mol. The van der Waals surface area contributed by atoms with E-state index in [1.807, 2.05) is 20.8 Å². The van der Waals surface area contributed by atoms with Crippen molar-refractivity contribution in [3.63, 3.8) is 0 Å². The molecule has 1 aromatic carbocycles. The molecule has 2 aromatic rings. The second kappa shape index (κ2) is 6.68. The van der Waals surface area contributed by atoms with E-state index in [2.05, 4.69) is 9.71 Å². The number of pyridine rings is 1. The number of rotatable bonds is 5. The zero-order chi connectivity index (χ0) is 18.0. The van der Waals surface area contributed by atoms with Gasteiger partial charge in [0.25, 0.3) is 10.0 Å². The Labute approximate surface area is 142 Å². The minimum absolute atomic E-state index is 0.0125. The van der Waals surface area contributed by atoms with Gasteiger partial charge in [-0.25, -0.2) is 8.42 Å². The van der Waals surface area contributed by atoms with Gasteiger partial charge in [0, 0.05) is 23.4 Å². The van der Waals surface area contributed by atoms with Gasteiger partial charge in [0.15, 0.2) is 0 Å². The molecule has 0 saturated carbocycles. The van der Waals surface area contributed by atoms with Crippen LogP contribution in [-0.2, 0) is 15.4 Å². The van der Waals surface area contributed by atoms with Crippen LogP contribution in [0.25, 0.3) is 0 Å². The van der Waals surface area contributed by atoms with Crippen LogP contribution < -0.4 is 14.2 Å². The summed E-state index contributed by atoms with van der Waals surface area (Å²) in [5.74, 6) is 0.676. The zero-order valence-electron chi connectivity index (χ0n) is 14.5. The van der Waals surface area contributed by atoms with Crippen molar-refractivity contribution >= 4 is 15.7 Å². The number of ether oxygens (including phenoxy) is 2. The molecule has 0 saturated heterocycles. The summed E-state index contributed by atoms with van der Waals surface area (Å²) in [4.78, 5) is 4.31. The third-order valence-electron chi connectivity index (χ3n) is 3.44. The maximum absolute atomic E-state index is 12.7. The number of hydrogen-bond acceptors (Lipinski definition) is 5. The largest absolute Gasteiger partial charge is 0.497 e. The van der Waals surface area contributed by atoms with Crippen LogP contribution in [0.4, 0.5) is 5.69 Å². The lowest BCUT2D eigenvalue weighted by atomic mass is 9.91. The predicted molar refractivity (Wildman–Crippen MR) is 93.3 cm³/mol. The summed E-state index contributed by atoms with van der Waals surface area (Å²) in [6.45, 7) is 6.04. The molecule has 0 aliphatic rings. The number of methoxy groups -OCH3 is 2. The number of benzene rings is 1. The average Bonchev–Trinajstić information content (AvgIpc) is 2.53. The van der Waals surface area contributed by atoms with Gasteiger partial charge in [-0.15, -0.1) is 0 Å². The molecule has 0 radical (unpaired) electrons. The Bertz CT molecular complexity index is 827. The van der Waals surface area contributed by atoms with Crippen molar-refractivity contribution < 1.29 is 17.9 Å². The van der Waals surface area contributed by atoms with Crippen LogP contribution in [0.5, 0.6) is 11.5 Å². The third kappa shape index (κ3) is 3.97. The summed E-state index contributed by atoms with van der Waals surface area (Å²) in [7, 11) is -0.936. The van der Waals surface area contributed by atoms with Crippen LogP contribution in [0.1, 0.15) is 26.5 Å². The first-order chi connectivity index (χ1) is 11.2. The molecule has 24 heavy (non-hydrogen) atoms. The number of anilines is 1. The van der Waals surface area contributed by atoms with E-state index in [0.29, 0.717) is 11.4 Å². The van der Waals surface area contributed by atoms with Gasteiger partial charge in [-0.1, -0.05) is 20.8 Å². The highest BCUT2D eigenvalue weighted by Crippen LogP contribution is 2.30. The molecule has 0 unspecified atom stereocenters. The topological polar surface area (TPSA) is 77.5 Å². The molecular formula is C17H22N2O4S. The number of nitrogens with one attached hydrogen (secondary N) is 1. The minimum atomic E-state index is -3.83. The molecule has 0 aliphatic heterocycles. The van der Waals surface area contributed by atoms with Gasteiger partial charge in [0.05, 0.1) is 19.9 Å². The van der Waals surface area contributed by atoms with Crippen molar-refractivity contribution in [3.05, 3.63) is 42.2 Å². The Morgan fingerprint density at radius 2 is 1.75 bits per heavy atom. The van der Waals surface area contributed by atoms with Gasteiger partial charge in [0.1, 0.15) is 16.4 Å². The zero-order valence-corrected chi connectivity index (χ0v) is 15.3. The summed E-state index contributed by atoms with van der Waals surface area (Å²) in [5.41, 5.74) is 1.05. The summed E-state index contributed by atoms with van der Waals surface area (Å²) in [6, 6.07) is 7.96. The van der Waals surface area contributed by atoms with Crippen LogP contribution in [0.3, 0.4) is 0 Å². The van der Waals surface area contributed by atoms with E-state index in [-0.39, 0.29) is 16.1 Å². The van der Waals surface area contributed by atoms with Crippen LogP contribution in [0.2, 0.25) is 0 Å². The lowest BCUT2D eigenvalue weighted by Gasteiger charge is -2.19. The van der Waals surface area contributed by atoms with Crippen molar-refractivity contribution in [2.24, 2.45) is 0 Å². The molecule has 0 atom stereocenters. The van der Waals surface area contributed by atoms with Gasteiger partial charge in [-0.3, -0.25) is 9.71 Å². The second-order valence-corrected chi connectivity index (χ2v) is 7.95. The standard InChI is InChI=1S/C17H22N2O4S/c1-17(2,3)16-10-12(8-9-18-16)19-24(20,21)15-11-13(22-4)6-7-14(15)23-5/h6-11H,1-5H3,(H,18,19). The van der Waals surface area contributed by atoms with Crippen molar-refractivity contribution in [1.29, 1.82) is 0 Å². The first-order valence-electron chi connectivity index (χ1n) is 7.39. The number of sulfonamides is 1. The van der Waals surface area contributed by atoms with Gasteiger partial charge in [-0.2, -0.15) is 0 Å². The predicted octanol–water partition coefficient (Wildman–Crippen LogP) is 3.20. The molecule has 2 rings (SSSR count). The van der Waals surface area contributed by atoms with Crippen molar-refractivity contribution in [1.82, 2.24) is 4.98 Å². The molecule has 1 N–H and O–H groups in total. The summed E-state index contributed by atoms with van der Waals surface area (Å²) in [5, 5.41) is 0.